The van der Waals surface area contributed by atoms with Crippen LogP contribution in [0.3, 0.4) is 0 Å². The Labute approximate surface area is 225 Å². The van der Waals surface area contributed by atoms with E-state index in [-0.39, 0.29) is 30.5 Å². The van der Waals surface area contributed by atoms with Crippen molar-refractivity contribution in [2.45, 2.75) is 70.3 Å². The van der Waals surface area contributed by atoms with Crippen LogP contribution in [-0.4, -0.2) is 54.7 Å². The highest BCUT2D eigenvalue weighted by molar-refractivity contribution is 5.88. The molecule has 0 bridgehead atoms. The van der Waals surface area contributed by atoms with E-state index >= 15 is 0 Å². The van der Waals surface area contributed by atoms with Gasteiger partial charge >= 0.3 is 11.9 Å². The number of hydrogen-bond acceptors (Lipinski definition) is 8. The summed E-state index contributed by atoms with van der Waals surface area (Å²) >= 11 is 0. The van der Waals surface area contributed by atoms with Gasteiger partial charge < -0.3 is 29.2 Å². The summed E-state index contributed by atoms with van der Waals surface area (Å²) in [6, 6.07) is 7.05. The first kappa shape index (κ1) is 31.1. The van der Waals surface area contributed by atoms with Crippen molar-refractivity contribution in [2.75, 3.05) is 26.4 Å². The fraction of sp³-hybridized carbons (Fsp3) is 0.533. The molecule has 1 fully saturated rings. The quantitative estimate of drug-likeness (QED) is 0.126. The standard InChI is InChI=1S/C30H42O8/c1-4-5-6-7-24-8-12-27(13-9-24)35-16-17-36-28-14-10-25(11-15-28)26(20-37-29(33)22(2)18-31)21-38-30(34)23(3)19-32/h10-11,14-17,24,26-27,31-32H,2-9,12-13,18-21H2,1H3/b17-16-. The number of aliphatic hydroxyl groups excluding tert-OH is 2. The Morgan fingerprint density at radius 2 is 1.50 bits per heavy atom. The number of aliphatic hydroxyl groups is 2. The molecule has 38 heavy (non-hydrogen) atoms. The van der Waals surface area contributed by atoms with Crippen LogP contribution in [0.4, 0.5) is 0 Å². The number of hydrogen-bond donors (Lipinski definition) is 2. The third kappa shape index (κ3) is 11.1. The molecule has 0 unspecified atom stereocenters. The van der Waals surface area contributed by atoms with Crippen molar-refractivity contribution in [1.82, 2.24) is 0 Å². The minimum atomic E-state index is -0.737. The van der Waals surface area contributed by atoms with Gasteiger partial charge in [-0.15, -0.1) is 0 Å². The molecule has 8 heteroatoms. The first-order valence-corrected chi connectivity index (χ1v) is 13.4. The lowest BCUT2D eigenvalue weighted by atomic mass is 9.84. The van der Waals surface area contributed by atoms with Crippen LogP contribution in [0.25, 0.3) is 0 Å². The molecule has 0 heterocycles. The Kier molecular flexibility index (Phi) is 14.3. The molecular weight excluding hydrogens is 488 g/mol. The molecule has 0 radical (unpaired) electrons. The van der Waals surface area contributed by atoms with Gasteiger partial charge in [0.05, 0.1) is 36.4 Å². The minimum Gasteiger partial charge on any atom is -0.495 e. The topological polar surface area (TPSA) is 112 Å². The van der Waals surface area contributed by atoms with Gasteiger partial charge in [0.25, 0.3) is 0 Å². The van der Waals surface area contributed by atoms with Gasteiger partial charge in [0.2, 0.25) is 0 Å². The van der Waals surface area contributed by atoms with E-state index in [9.17, 15) is 9.59 Å². The maximum absolute atomic E-state index is 11.9. The Balaban J connectivity index is 1.86. The third-order valence-corrected chi connectivity index (χ3v) is 6.68. The molecule has 0 aromatic heterocycles. The van der Waals surface area contributed by atoms with Crippen LogP contribution in [0.2, 0.25) is 0 Å². The Morgan fingerprint density at radius 1 is 0.921 bits per heavy atom. The number of esters is 2. The molecule has 0 aliphatic heterocycles. The average molecular weight is 531 g/mol. The van der Waals surface area contributed by atoms with Gasteiger partial charge in [-0.05, 0) is 49.3 Å². The highest BCUT2D eigenvalue weighted by Crippen LogP contribution is 2.30. The maximum Gasteiger partial charge on any atom is 0.335 e. The summed E-state index contributed by atoms with van der Waals surface area (Å²) in [5.74, 6) is -0.551. The van der Waals surface area contributed by atoms with E-state index in [0.29, 0.717) is 5.75 Å². The third-order valence-electron chi connectivity index (χ3n) is 6.68. The summed E-state index contributed by atoms with van der Waals surface area (Å²) in [4.78, 5) is 23.8. The number of ether oxygens (including phenoxy) is 4. The molecule has 1 saturated carbocycles. The van der Waals surface area contributed by atoms with E-state index in [4.69, 9.17) is 29.2 Å². The number of carbonyl (C=O) groups is 2. The minimum absolute atomic E-state index is 0.0767. The molecule has 1 aliphatic carbocycles. The molecule has 1 aromatic rings. The molecule has 1 aromatic carbocycles. The SMILES string of the molecule is C=C(CO)C(=O)OCC(COC(=O)C(=C)CO)c1ccc(O/C=C\OC2CCC(CCCCC)CC2)cc1. The van der Waals surface area contributed by atoms with Crippen molar-refractivity contribution in [1.29, 1.82) is 0 Å². The van der Waals surface area contributed by atoms with Crippen LogP contribution in [0.1, 0.15) is 69.8 Å². The van der Waals surface area contributed by atoms with E-state index in [2.05, 4.69) is 20.1 Å². The van der Waals surface area contributed by atoms with E-state index in [0.717, 1.165) is 24.3 Å². The van der Waals surface area contributed by atoms with E-state index in [1.54, 1.807) is 30.5 Å². The van der Waals surface area contributed by atoms with Crippen LogP contribution in [0, 0.1) is 5.92 Å². The van der Waals surface area contributed by atoms with Crippen molar-refractivity contribution in [3.8, 4) is 5.75 Å². The number of benzene rings is 1. The van der Waals surface area contributed by atoms with Gasteiger partial charge in [0.15, 0.2) is 0 Å². The lowest BCUT2D eigenvalue weighted by Crippen LogP contribution is -2.21. The van der Waals surface area contributed by atoms with Crippen molar-refractivity contribution in [3.63, 3.8) is 0 Å². The number of carbonyl (C=O) groups excluding carboxylic acids is 2. The molecule has 210 valence electrons. The monoisotopic (exact) mass is 530 g/mol. The second-order valence-electron chi connectivity index (χ2n) is 9.65. The summed E-state index contributed by atoms with van der Waals surface area (Å²) in [6.07, 6.45) is 13.2. The molecule has 2 N–H and O–H groups in total. The summed E-state index contributed by atoms with van der Waals surface area (Å²) in [5.41, 5.74) is 0.581. The van der Waals surface area contributed by atoms with E-state index < -0.39 is 31.1 Å². The molecular formula is C30H42O8. The highest BCUT2D eigenvalue weighted by Gasteiger charge is 2.21. The zero-order valence-electron chi connectivity index (χ0n) is 22.4. The van der Waals surface area contributed by atoms with Crippen molar-refractivity contribution in [3.05, 3.63) is 66.7 Å². The van der Waals surface area contributed by atoms with Gasteiger partial charge in [0, 0.05) is 0 Å². The van der Waals surface area contributed by atoms with Crippen LogP contribution in [0.5, 0.6) is 5.75 Å². The van der Waals surface area contributed by atoms with Crippen LogP contribution < -0.4 is 4.74 Å². The number of rotatable bonds is 17. The van der Waals surface area contributed by atoms with Gasteiger partial charge in [-0.3, -0.25) is 0 Å². The fourth-order valence-electron chi connectivity index (χ4n) is 4.23. The first-order valence-electron chi connectivity index (χ1n) is 13.4. The fourth-order valence-corrected chi connectivity index (χ4v) is 4.23. The largest absolute Gasteiger partial charge is 0.495 e. The molecule has 2 rings (SSSR count). The van der Waals surface area contributed by atoms with Gasteiger partial charge in [-0.2, -0.15) is 0 Å². The van der Waals surface area contributed by atoms with Crippen molar-refractivity contribution < 1.29 is 38.7 Å². The molecule has 0 atom stereocenters. The Hall–Kier alpha value is -3.10. The van der Waals surface area contributed by atoms with Crippen LogP contribution in [0.15, 0.2) is 61.1 Å². The van der Waals surface area contributed by atoms with Crippen LogP contribution in [-0.2, 0) is 23.8 Å². The molecule has 8 nitrogen and oxygen atoms in total. The molecule has 1 aliphatic rings. The smallest absolute Gasteiger partial charge is 0.335 e. The maximum atomic E-state index is 11.9. The van der Waals surface area contributed by atoms with Crippen LogP contribution >= 0.6 is 0 Å². The second-order valence-corrected chi connectivity index (χ2v) is 9.65. The van der Waals surface area contributed by atoms with Crippen molar-refractivity contribution >= 4 is 11.9 Å². The van der Waals surface area contributed by atoms with E-state index in [1.807, 2.05) is 0 Å². The molecule has 0 amide bonds. The van der Waals surface area contributed by atoms with Gasteiger partial charge in [-0.1, -0.05) is 57.9 Å². The molecule has 0 spiro atoms. The lowest BCUT2D eigenvalue weighted by Gasteiger charge is -2.27. The predicted molar refractivity (Wildman–Crippen MR) is 144 cm³/mol. The summed E-state index contributed by atoms with van der Waals surface area (Å²) in [7, 11) is 0. The normalized spacial score (nSPS) is 17.3. The van der Waals surface area contributed by atoms with Gasteiger partial charge in [0.1, 0.15) is 31.5 Å². The Morgan fingerprint density at radius 3 is 2.03 bits per heavy atom. The first-order chi connectivity index (χ1) is 18.4. The number of unbranched alkanes of at least 4 members (excludes halogenated alkanes) is 2. The predicted octanol–water partition coefficient (Wildman–Crippen LogP) is 4.96. The van der Waals surface area contributed by atoms with E-state index in [1.165, 1.54) is 44.8 Å². The Bertz CT molecular complexity index is 881. The summed E-state index contributed by atoms with van der Waals surface area (Å²) in [5, 5.41) is 18.1. The zero-order chi connectivity index (χ0) is 27.8. The summed E-state index contributed by atoms with van der Waals surface area (Å²) in [6.45, 7) is 7.88. The average Bonchev–Trinajstić information content (AvgIpc) is 2.95. The highest BCUT2D eigenvalue weighted by atomic mass is 16.5. The lowest BCUT2D eigenvalue weighted by molar-refractivity contribution is -0.142. The van der Waals surface area contributed by atoms with Crippen molar-refractivity contribution in [2.24, 2.45) is 5.92 Å². The zero-order valence-corrected chi connectivity index (χ0v) is 22.4. The van der Waals surface area contributed by atoms with Gasteiger partial charge in [-0.25, -0.2) is 9.59 Å². The summed E-state index contributed by atoms with van der Waals surface area (Å²) < 4.78 is 21.9. The second kappa shape index (κ2) is 17.4. The molecule has 0 saturated heterocycles.